The maximum atomic E-state index is 5.75. The van der Waals surface area contributed by atoms with Crippen molar-refractivity contribution in [3.8, 4) is 0 Å². The molecule has 0 N–H and O–H groups in total. The van der Waals surface area contributed by atoms with Gasteiger partial charge in [0.1, 0.15) is 25.3 Å². The Hall–Kier alpha value is -2.82. The molecule has 2 atom stereocenters. The standard InChI is InChI=1S/C19H19N3O2/c1-22(18-20-16(12-23-18)14-8-4-2-5-9-14)19-21-17(13-24-19)15-10-6-3-7-11-15/h2-11,16-17H,12-13H2,1H3/t16-,17-/m1/s1. The van der Waals surface area contributed by atoms with E-state index in [2.05, 4.69) is 34.3 Å². The third-order valence-electron chi connectivity index (χ3n) is 4.22. The minimum atomic E-state index is 0.0237. The van der Waals surface area contributed by atoms with E-state index in [0.717, 1.165) is 11.1 Å². The minimum Gasteiger partial charge on any atom is -0.462 e. The molecule has 0 saturated heterocycles. The zero-order valence-corrected chi connectivity index (χ0v) is 13.5. The van der Waals surface area contributed by atoms with Gasteiger partial charge in [-0.15, -0.1) is 0 Å². The highest BCUT2D eigenvalue weighted by molar-refractivity contribution is 5.94. The number of rotatable bonds is 2. The van der Waals surface area contributed by atoms with Gasteiger partial charge in [-0.2, -0.15) is 0 Å². The second kappa shape index (κ2) is 6.35. The summed E-state index contributed by atoms with van der Waals surface area (Å²) < 4.78 is 11.5. The molecule has 2 aromatic carbocycles. The van der Waals surface area contributed by atoms with Crippen LogP contribution in [0, 0.1) is 0 Å². The second-order valence-electron chi connectivity index (χ2n) is 5.86. The van der Waals surface area contributed by atoms with Crippen molar-refractivity contribution in [2.24, 2.45) is 9.98 Å². The number of nitrogens with zero attached hydrogens (tertiary/aromatic N) is 3. The lowest BCUT2D eigenvalue weighted by Crippen LogP contribution is -2.33. The third kappa shape index (κ3) is 2.85. The van der Waals surface area contributed by atoms with Crippen molar-refractivity contribution in [2.45, 2.75) is 12.1 Å². The molecule has 2 aliphatic rings. The Balaban J connectivity index is 1.49. The predicted molar refractivity (Wildman–Crippen MR) is 92.9 cm³/mol. The summed E-state index contributed by atoms with van der Waals surface area (Å²) in [6, 6.07) is 21.5. The van der Waals surface area contributed by atoms with E-state index in [0.29, 0.717) is 25.3 Å². The van der Waals surface area contributed by atoms with Crippen LogP contribution in [0.5, 0.6) is 0 Å². The van der Waals surface area contributed by atoms with Crippen LogP contribution >= 0.6 is 0 Å². The smallest absolute Gasteiger partial charge is 0.296 e. The lowest BCUT2D eigenvalue weighted by molar-refractivity contribution is 0.256. The van der Waals surface area contributed by atoms with Crippen LogP contribution in [0.1, 0.15) is 23.2 Å². The molecule has 5 nitrogen and oxygen atoms in total. The Morgan fingerprint density at radius 3 is 1.58 bits per heavy atom. The van der Waals surface area contributed by atoms with Gasteiger partial charge in [0.2, 0.25) is 0 Å². The van der Waals surface area contributed by atoms with Gasteiger partial charge in [-0.05, 0) is 11.1 Å². The van der Waals surface area contributed by atoms with Gasteiger partial charge in [0.15, 0.2) is 0 Å². The normalized spacial score (nSPS) is 22.4. The average molecular weight is 321 g/mol. The molecule has 0 aliphatic carbocycles. The molecule has 0 radical (unpaired) electrons. The van der Waals surface area contributed by atoms with E-state index in [1.165, 1.54) is 0 Å². The van der Waals surface area contributed by atoms with Gasteiger partial charge in [-0.3, -0.25) is 4.90 Å². The van der Waals surface area contributed by atoms with Gasteiger partial charge < -0.3 is 9.47 Å². The van der Waals surface area contributed by atoms with Gasteiger partial charge in [0.25, 0.3) is 12.0 Å². The molecular weight excluding hydrogens is 302 g/mol. The Morgan fingerprint density at radius 1 is 0.750 bits per heavy atom. The molecule has 4 rings (SSSR count). The number of aliphatic imine (C=N–C) groups is 2. The molecule has 0 fully saturated rings. The fourth-order valence-corrected chi connectivity index (χ4v) is 2.86. The maximum Gasteiger partial charge on any atom is 0.296 e. The fourth-order valence-electron chi connectivity index (χ4n) is 2.86. The van der Waals surface area contributed by atoms with Crippen molar-refractivity contribution >= 4 is 12.0 Å². The fraction of sp³-hybridized carbons (Fsp3) is 0.263. The summed E-state index contributed by atoms with van der Waals surface area (Å²) in [5.41, 5.74) is 2.30. The topological polar surface area (TPSA) is 46.4 Å². The van der Waals surface area contributed by atoms with E-state index in [1.54, 1.807) is 4.90 Å². The molecule has 0 saturated carbocycles. The van der Waals surface area contributed by atoms with Crippen LogP contribution in [0.3, 0.4) is 0 Å². The lowest BCUT2D eigenvalue weighted by atomic mass is 10.1. The number of hydrogen-bond acceptors (Lipinski definition) is 5. The van der Waals surface area contributed by atoms with Crippen LogP contribution in [-0.2, 0) is 9.47 Å². The van der Waals surface area contributed by atoms with E-state index >= 15 is 0 Å². The Labute approximate surface area is 141 Å². The molecule has 0 spiro atoms. The number of benzene rings is 2. The number of hydrogen-bond donors (Lipinski definition) is 0. The van der Waals surface area contributed by atoms with Gasteiger partial charge in [0, 0.05) is 7.05 Å². The number of amidine groups is 2. The molecule has 0 aromatic heterocycles. The van der Waals surface area contributed by atoms with Crippen LogP contribution < -0.4 is 0 Å². The van der Waals surface area contributed by atoms with Crippen molar-refractivity contribution < 1.29 is 9.47 Å². The summed E-state index contributed by atoms with van der Waals surface area (Å²) in [7, 11) is 1.87. The van der Waals surface area contributed by atoms with E-state index in [4.69, 9.17) is 9.47 Å². The monoisotopic (exact) mass is 321 g/mol. The van der Waals surface area contributed by atoms with Crippen molar-refractivity contribution in [3.05, 3.63) is 71.8 Å². The first-order valence-corrected chi connectivity index (χ1v) is 8.06. The first-order chi connectivity index (χ1) is 11.8. The quantitative estimate of drug-likeness (QED) is 0.853. The largest absolute Gasteiger partial charge is 0.462 e. The van der Waals surface area contributed by atoms with Crippen molar-refractivity contribution in [2.75, 3.05) is 20.3 Å². The van der Waals surface area contributed by atoms with Gasteiger partial charge >= 0.3 is 0 Å². The first-order valence-electron chi connectivity index (χ1n) is 8.06. The van der Waals surface area contributed by atoms with Crippen molar-refractivity contribution in [3.63, 3.8) is 0 Å². The Kier molecular flexibility index (Phi) is 3.91. The Bertz CT molecular complexity index is 693. The van der Waals surface area contributed by atoms with Crippen LogP contribution in [0.15, 0.2) is 70.6 Å². The highest BCUT2D eigenvalue weighted by Crippen LogP contribution is 2.26. The van der Waals surface area contributed by atoms with E-state index in [1.807, 2.05) is 43.4 Å². The summed E-state index contributed by atoms with van der Waals surface area (Å²) in [5, 5.41) is 0. The van der Waals surface area contributed by atoms with Crippen LogP contribution in [0.2, 0.25) is 0 Å². The molecule has 2 aliphatic heterocycles. The predicted octanol–water partition coefficient (Wildman–Crippen LogP) is 3.17. The van der Waals surface area contributed by atoms with Crippen LogP contribution in [-0.4, -0.2) is 37.2 Å². The summed E-state index contributed by atoms with van der Waals surface area (Å²) in [6.45, 7) is 1.08. The molecule has 24 heavy (non-hydrogen) atoms. The maximum absolute atomic E-state index is 5.75. The third-order valence-corrected chi connectivity index (χ3v) is 4.22. The molecule has 122 valence electrons. The van der Waals surface area contributed by atoms with Gasteiger partial charge in [-0.25, -0.2) is 9.98 Å². The average Bonchev–Trinajstić information content (AvgIpc) is 3.33. The summed E-state index contributed by atoms with van der Waals surface area (Å²) in [6.07, 6.45) is 0. The molecule has 2 heterocycles. The highest BCUT2D eigenvalue weighted by atomic mass is 16.5. The van der Waals surface area contributed by atoms with E-state index < -0.39 is 0 Å². The van der Waals surface area contributed by atoms with Crippen molar-refractivity contribution in [1.82, 2.24) is 4.90 Å². The zero-order chi connectivity index (χ0) is 16.4. The van der Waals surface area contributed by atoms with Crippen molar-refractivity contribution in [1.29, 1.82) is 0 Å². The Morgan fingerprint density at radius 2 is 1.17 bits per heavy atom. The van der Waals surface area contributed by atoms with Gasteiger partial charge in [0.05, 0.1) is 0 Å². The number of ether oxygens (including phenoxy) is 2. The minimum absolute atomic E-state index is 0.0237. The first kappa shape index (κ1) is 14.8. The molecule has 0 bridgehead atoms. The molecule has 0 amide bonds. The van der Waals surface area contributed by atoms with Crippen LogP contribution in [0.25, 0.3) is 0 Å². The SMILES string of the molecule is CN(C1=N[C@@H](c2ccccc2)CO1)C1=N[C@@H](c2ccccc2)CO1. The van der Waals surface area contributed by atoms with E-state index in [-0.39, 0.29) is 12.1 Å². The summed E-state index contributed by atoms with van der Waals surface area (Å²) in [4.78, 5) is 11.1. The second-order valence-corrected chi connectivity index (χ2v) is 5.86. The summed E-state index contributed by atoms with van der Waals surface area (Å²) in [5.74, 6) is 0. The van der Waals surface area contributed by atoms with Crippen LogP contribution in [0.4, 0.5) is 0 Å². The summed E-state index contributed by atoms with van der Waals surface area (Å²) >= 11 is 0. The zero-order valence-electron chi connectivity index (χ0n) is 13.5. The molecule has 0 unspecified atom stereocenters. The van der Waals surface area contributed by atoms with Gasteiger partial charge in [-0.1, -0.05) is 60.7 Å². The molecule has 2 aromatic rings. The molecular formula is C19H19N3O2. The lowest BCUT2D eigenvalue weighted by Gasteiger charge is -2.15. The van der Waals surface area contributed by atoms with E-state index in [9.17, 15) is 0 Å². The molecule has 5 heteroatoms. The highest BCUT2D eigenvalue weighted by Gasteiger charge is 2.30.